The minimum absolute atomic E-state index is 0.290. The van der Waals surface area contributed by atoms with Crippen LogP contribution in [0.3, 0.4) is 0 Å². The Bertz CT molecular complexity index is 693. The van der Waals surface area contributed by atoms with Crippen molar-refractivity contribution >= 4 is 5.96 Å². The van der Waals surface area contributed by atoms with Gasteiger partial charge in [-0.05, 0) is 50.8 Å². The summed E-state index contributed by atoms with van der Waals surface area (Å²) in [6.07, 6.45) is 5.20. The summed E-state index contributed by atoms with van der Waals surface area (Å²) in [6, 6.07) is 4.30. The van der Waals surface area contributed by atoms with Gasteiger partial charge in [-0.25, -0.2) is 4.99 Å². The number of hydrogen-bond acceptors (Lipinski definition) is 5. The largest absolute Gasteiger partial charge is 0.493 e. The lowest BCUT2D eigenvalue weighted by Gasteiger charge is -2.61. The third-order valence-electron chi connectivity index (χ3n) is 6.24. The van der Waals surface area contributed by atoms with Gasteiger partial charge in [0.1, 0.15) is 0 Å². The molecular weight excluding hydrogens is 370 g/mol. The predicted molar refractivity (Wildman–Crippen MR) is 114 cm³/mol. The van der Waals surface area contributed by atoms with E-state index in [1.807, 2.05) is 12.1 Å². The Hall–Kier alpha value is -2.15. The zero-order valence-electron chi connectivity index (χ0n) is 18.3. The first-order valence-corrected chi connectivity index (χ1v) is 10.6. The lowest BCUT2D eigenvalue weighted by atomic mass is 9.51. The van der Waals surface area contributed by atoms with Crippen LogP contribution >= 0.6 is 0 Å². The summed E-state index contributed by atoms with van der Waals surface area (Å²) < 4.78 is 22.3. The van der Waals surface area contributed by atoms with Gasteiger partial charge >= 0.3 is 0 Å². The van der Waals surface area contributed by atoms with Crippen molar-refractivity contribution in [1.82, 2.24) is 10.6 Å². The molecule has 2 unspecified atom stereocenters. The van der Waals surface area contributed by atoms with E-state index in [1.165, 1.54) is 19.3 Å². The minimum Gasteiger partial charge on any atom is -0.493 e. The molecule has 0 amide bonds. The Balaban J connectivity index is 1.72. The number of ether oxygens (including phenoxy) is 4. The van der Waals surface area contributed by atoms with Crippen molar-refractivity contribution in [3.05, 3.63) is 17.7 Å². The number of nitrogens with one attached hydrogen (secondary N) is 2. The Morgan fingerprint density at radius 2 is 1.79 bits per heavy atom. The summed E-state index contributed by atoms with van der Waals surface area (Å²) in [4.78, 5) is 4.81. The second-order valence-electron chi connectivity index (χ2n) is 7.69. The van der Waals surface area contributed by atoms with E-state index in [4.69, 9.17) is 23.9 Å². The van der Waals surface area contributed by atoms with Crippen LogP contribution in [0.25, 0.3) is 0 Å². The number of hydrogen-bond donors (Lipinski definition) is 2. The van der Waals surface area contributed by atoms with Crippen molar-refractivity contribution in [2.75, 3.05) is 34.5 Å². The lowest BCUT2D eigenvalue weighted by molar-refractivity contribution is -0.168. The maximum Gasteiger partial charge on any atom is 0.203 e. The standard InChI is InChI=1S/C22H35N3O4/c1-6-23-21(25-18-13-19(29-7-2)22(18)9-8-10-22)24-14-15-11-16(26-3)20(28-5)17(12-15)27-4/h11-12,18-19H,6-10,13-14H2,1-5H3,(H2,23,24,25). The van der Waals surface area contributed by atoms with E-state index in [2.05, 4.69) is 24.5 Å². The molecule has 2 saturated carbocycles. The normalized spacial score (nSPS) is 22.4. The highest BCUT2D eigenvalue weighted by Gasteiger charge is 2.59. The van der Waals surface area contributed by atoms with Crippen molar-refractivity contribution < 1.29 is 18.9 Å². The van der Waals surface area contributed by atoms with Crippen LogP contribution in [-0.4, -0.2) is 52.6 Å². The van der Waals surface area contributed by atoms with Crippen LogP contribution in [0.4, 0.5) is 0 Å². The van der Waals surface area contributed by atoms with Crippen LogP contribution in [0.5, 0.6) is 17.2 Å². The molecule has 1 aromatic carbocycles. The van der Waals surface area contributed by atoms with E-state index in [-0.39, 0.29) is 0 Å². The molecule has 29 heavy (non-hydrogen) atoms. The second kappa shape index (κ2) is 9.57. The molecule has 2 atom stereocenters. The Morgan fingerprint density at radius 3 is 2.28 bits per heavy atom. The molecule has 2 N–H and O–H groups in total. The van der Waals surface area contributed by atoms with Gasteiger partial charge in [0.25, 0.3) is 0 Å². The van der Waals surface area contributed by atoms with Gasteiger partial charge in [-0.3, -0.25) is 0 Å². The maximum atomic E-state index is 5.97. The van der Waals surface area contributed by atoms with Gasteiger partial charge in [-0.15, -0.1) is 0 Å². The third-order valence-corrected chi connectivity index (χ3v) is 6.24. The highest BCUT2D eigenvalue weighted by molar-refractivity contribution is 5.80. The molecular formula is C22H35N3O4. The average molecular weight is 406 g/mol. The monoisotopic (exact) mass is 405 g/mol. The second-order valence-corrected chi connectivity index (χ2v) is 7.69. The molecule has 7 heteroatoms. The summed E-state index contributed by atoms with van der Waals surface area (Å²) >= 11 is 0. The summed E-state index contributed by atoms with van der Waals surface area (Å²) in [5, 5.41) is 7.03. The zero-order valence-corrected chi connectivity index (χ0v) is 18.3. The Labute approximate surface area is 174 Å². The van der Waals surface area contributed by atoms with E-state index in [0.717, 1.165) is 31.1 Å². The number of nitrogens with zero attached hydrogens (tertiary/aromatic N) is 1. The molecule has 1 aromatic rings. The molecule has 0 bridgehead atoms. The quantitative estimate of drug-likeness (QED) is 0.486. The van der Waals surface area contributed by atoms with Crippen molar-refractivity contribution in [3.8, 4) is 17.2 Å². The highest BCUT2D eigenvalue weighted by atomic mass is 16.5. The van der Waals surface area contributed by atoms with E-state index >= 15 is 0 Å². The Morgan fingerprint density at radius 1 is 1.10 bits per heavy atom. The van der Waals surface area contributed by atoms with Gasteiger partial charge in [0, 0.05) is 24.6 Å². The number of aliphatic imine (C=N–C) groups is 1. The summed E-state index contributed by atoms with van der Waals surface area (Å²) in [6.45, 7) is 6.28. The zero-order chi connectivity index (χ0) is 20.9. The maximum absolute atomic E-state index is 5.97. The van der Waals surface area contributed by atoms with Gasteiger partial charge in [0.05, 0.1) is 34.0 Å². The molecule has 2 aliphatic rings. The van der Waals surface area contributed by atoms with Gasteiger partial charge in [0.2, 0.25) is 5.75 Å². The molecule has 0 heterocycles. The third kappa shape index (κ3) is 4.25. The topological polar surface area (TPSA) is 73.3 Å². The summed E-state index contributed by atoms with van der Waals surface area (Å²) in [5.74, 6) is 2.72. The van der Waals surface area contributed by atoms with Crippen molar-refractivity contribution in [3.63, 3.8) is 0 Å². The van der Waals surface area contributed by atoms with Crippen molar-refractivity contribution in [2.24, 2.45) is 10.4 Å². The van der Waals surface area contributed by atoms with Gasteiger partial charge in [-0.1, -0.05) is 6.42 Å². The fraction of sp³-hybridized carbons (Fsp3) is 0.682. The van der Waals surface area contributed by atoms with Crippen LogP contribution in [-0.2, 0) is 11.3 Å². The van der Waals surface area contributed by atoms with Crippen LogP contribution < -0.4 is 24.8 Å². The average Bonchev–Trinajstić information content (AvgIpc) is 2.68. The number of rotatable bonds is 9. The lowest BCUT2D eigenvalue weighted by Crippen LogP contribution is -2.68. The van der Waals surface area contributed by atoms with Gasteiger partial charge in [-0.2, -0.15) is 0 Å². The van der Waals surface area contributed by atoms with E-state index in [9.17, 15) is 0 Å². The molecule has 0 saturated heterocycles. The molecule has 2 aliphatic carbocycles. The molecule has 3 rings (SSSR count). The van der Waals surface area contributed by atoms with Crippen LogP contribution in [0.15, 0.2) is 17.1 Å². The number of benzene rings is 1. The van der Waals surface area contributed by atoms with Gasteiger partial charge < -0.3 is 29.6 Å². The fourth-order valence-corrected chi connectivity index (χ4v) is 4.52. The summed E-state index contributed by atoms with van der Waals surface area (Å²) in [7, 11) is 4.86. The first-order valence-electron chi connectivity index (χ1n) is 10.6. The van der Waals surface area contributed by atoms with E-state index in [1.54, 1.807) is 21.3 Å². The predicted octanol–water partition coefficient (Wildman–Crippen LogP) is 3.12. The molecule has 1 spiro atoms. The van der Waals surface area contributed by atoms with Gasteiger partial charge in [0.15, 0.2) is 17.5 Å². The Kier molecular flexibility index (Phi) is 7.11. The number of methoxy groups -OCH3 is 3. The molecule has 0 aliphatic heterocycles. The van der Waals surface area contributed by atoms with Crippen LogP contribution in [0.1, 0.15) is 45.1 Å². The van der Waals surface area contributed by atoms with Crippen LogP contribution in [0, 0.1) is 5.41 Å². The fourth-order valence-electron chi connectivity index (χ4n) is 4.52. The summed E-state index contributed by atoms with van der Waals surface area (Å²) in [5.41, 5.74) is 1.29. The van der Waals surface area contributed by atoms with E-state index in [0.29, 0.717) is 41.4 Å². The minimum atomic E-state index is 0.290. The van der Waals surface area contributed by atoms with Crippen molar-refractivity contribution in [2.45, 2.75) is 58.2 Å². The smallest absolute Gasteiger partial charge is 0.203 e. The SMILES string of the molecule is CCNC(=NCc1cc(OC)c(OC)c(OC)c1)NC1CC(OCC)C12CCC2. The molecule has 0 aromatic heterocycles. The first kappa shape index (κ1) is 21.6. The highest BCUT2D eigenvalue weighted by Crippen LogP contribution is 2.57. The van der Waals surface area contributed by atoms with Crippen LogP contribution in [0.2, 0.25) is 0 Å². The molecule has 0 radical (unpaired) electrons. The molecule has 2 fully saturated rings. The van der Waals surface area contributed by atoms with E-state index < -0.39 is 0 Å². The molecule has 7 nitrogen and oxygen atoms in total. The first-order chi connectivity index (χ1) is 14.1. The van der Waals surface area contributed by atoms with Crippen molar-refractivity contribution in [1.29, 1.82) is 0 Å². The molecule has 162 valence electrons. The number of guanidine groups is 1.